The van der Waals surface area contributed by atoms with Crippen molar-refractivity contribution < 1.29 is 9.90 Å². The number of likely N-dealkylation sites (N-methyl/N-ethyl adjacent to an activating group) is 1. The zero-order chi connectivity index (χ0) is 10.4. The van der Waals surface area contributed by atoms with Crippen LogP contribution in [0.2, 0.25) is 0 Å². The van der Waals surface area contributed by atoms with Gasteiger partial charge in [-0.25, -0.2) is 0 Å². The second-order valence-corrected chi connectivity index (χ2v) is 3.07. The maximum Gasteiger partial charge on any atom is 0.297 e. The zero-order valence-electron chi connectivity index (χ0n) is 8.35. The van der Waals surface area contributed by atoms with Gasteiger partial charge in [-0.2, -0.15) is 4.79 Å². The summed E-state index contributed by atoms with van der Waals surface area (Å²) < 4.78 is 0. The minimum absolute atomic E-state index is 0.130. The van der Waals surface area contributed by atoms with Gasteiger partial charge in [-0.1, -0.05) is 6.08 Å². The molecule has 1 N–H and O–H groups in total. The lowest BCUT2D eigenvalue weighted by atomic mass is 10.1. The molecule has 0 aromatic heterocycles. The SMILES string of the molecule is CCN(CCO)C1=CC(=[N+]=[N-])CC=C1. The van der Waals surface area contributed by atoms with Crippen LogP contribution in [-0.4, -0.2) is 40.2 Å². The molecule has 4 nitrogen and oxygen atoms in total. The summed E-state index contributed by atoms with van der Waals surface area (Å²) in [5.41, 5.74) is 10.3. The van der Waals surface area contributed by atoms with Gasteiger partial charge in [0.05, 0.1) is 13.0 Å². The van der Waals surface area contributed by atoms with Crippen molar-refractivity contribution >= 4 is 5.71 Å². The van der Waals surface area contributed by atoms with Gasteiger partial charge >= 0.3 is 0 Å². The van der Waals surface area contributed by atoms with Crippen LogP contribution in [0, 0.1) is 0 Å². The zero-order valence-corrected chi connectivity index (χ0v) is 8.35. The van der Waals surface area contributed by atoms with Gasteiger partial charge in [0, 0.05) is 24.9 Å². The van der Waals surface area contributed by atoms with E-state index in [4.69, 9.17) is 10.6 Å². The highest BCUT2D eigenvalue weighted by Crippen LogP contribution is 2.11. The molecule has 0 saturated heterocycles. The second kappa shape index (κ2) is 5.37. The maximum absolute atomic E-state index is 8.85. The molecule has 1 aliphatic rings. The van der Waals surface area contributed by atoms with Gasteiger partial charge in [0.25, 0.3) is 5.71 Å². The molecular formula is C10H15N3O. The fraction of sp³-hybridized carbons (Fsp3) is 0.500. The van der Waals surface area contributed by atoms with Gasteiger partial charge in [0.2, 0.25) is 0 Å². The normalized spacial score (nSPS) is 15.0. The molecule has 0 atom stereocenters. The Labute approximate surface area is 83.8 Å². The standard InChI is InChI=1S/C10H15N3O/c1-2-13(6-7-14)10-5-3-4-9(8-10)12-11/h3,5,8,14H,2,4,6-7H2,1H3. The first-order valence-electron chi connectivity index (χ1n) is 4.76. The summed E-state index contributed by atoms with van der Waals surface area (Å²) in [6.07, 6.45) is 6.42. The van der Waals surface area contributed by atoms with Crippen molar-refractivity contribution in [2.45, 2.75) is 13.3 Å². The number of aliphatic hydroxyl groups excluding tert-OH is 1. The monoisotopic (exact) mass is 193 g/mol. The molecule has 1 rings (SSSR count). The van der Waals surface area contributed by atoms with Crippen molar-refractivity contribution in [3.8, 4) is 0 Å². The van der Waals surface area contributed by atoms with Gasteiger partial charge in [0.1, 0.15) is 0 Å². The smallest absolute Gasteiger partial charge is 0.297 e. The van der Waals surface area contributed by atoms with Gasteiger partial charge < -0.3 is 15.5 Å². The fourth-order valence-electron chi connectivity index (χ4n) is 1.44. The van der Waals surface area contributed by atoms with Gasteiger partial charge in [-0.15, -0.1) is 0 Å². The van der Waals surface area contributed by atoms with E-state index in [-0.39, 0.29) is 6.61 Å². The summed E-state index contributed by atoms with van der Waals surface area (Å²) in [6.45, 7) is 3.58. The lowest BCUT2D eigenvalue weighted by molar-refractivity contribution is -0.00559. The fourth-order valence-corrected chi connectivity index (χ4v) is 1.44. The molecule has 14 heavy (non-hydrogen) atoms. The first kappa shape index (κ1) is 10.7. The molecule has 0 bridgehead atoms. The highest BCUT2D eigenvalue weighted by atomic mass is 16.3. The van der Waals surface area contributed by atoms with Crippen LogP contribution in [0.15, 0.2) is 23.9 Å². The first-order chi connectivity index (χ1) is 6.81. The summed E-state index contributed by atoms with van der Waals surface area (Å²) in [6, 6.07) is 0. The maximum atomic E-state index is 8.85. The number of hydrogen-bond donors (Lipinski definition) is 1. The molecule has 0 aromatic rings. The van der Waals surface area contributed by atoms with Crippen LogP contribution in [0.5, 0.6) is 0 Å². The Kier molecular flexibility index (Phi) is 4.11. The van der Waals surface area contributed by atoms with Crippen molar-refractivity contribution in [3.63, 3.8) is 0 Å². The third-order valence-corrected chi connectivity index (χ3v) is 2.18. The Morgan fingerprint density at radius 3 is 3.00 bits per heavy atom. The van der Waals surface area contributed by atoms with Crippen LogP contribution in [0.4, 0.5) is 0 Å². The predicted octanol–water partition coefficient (Wildman–Crippen LogP) is 0.815. The molecule has 0 fully saturated rings. The highest BCUT2D eigenvalue weighted by molar-refractivity contribution is 5.93. The third-order valence-electron chi connectivity index (χ3n) is 2.18. The predicted molar refractivity (Wildman–Crippen MR) is 54.8 cm³/mol. The summed E-state index contributed by atoms with van der Waals surface area (Å²) in [5, 5.41) is 8.85. The van der Waals surface area contributed by atoms with E-state index >= 15 is 0 Å². The average Bonchev–Trinajstić information content (AvgIpc) is 2.26. The molecule has 0 saturated carbocycles. The Morgan fingerprint density at radius 2 is 2.43 bits per heavy atom. The van der Waals surface area contributed by atoms with Gasteiger partial charge in [-0.05, 0) is 13.0 Å². The van der Waals surface area contributed by atoms with Crippen molar-refractivity contribution in [3.05, 3.63) is 29.5 Å². The molecule has 0 spiro atoms. The second-order valence-electron chi connectivity index (χ2n) is 3.07. The van der Waals surface area contributed by atoms with Crippen LogP contribution in [-0.2, 0) is 0 Å². The minimum Gasteiger partial charge on any atom is -0.395 e. The van der Waals surface area contributed by atoms with Crippen molar-refractivity contribution in [2.75, 3.05) is 19.7 Å². The Balaban J connectivity index is 2.79. The number of hydrogen-bond acceptors (Lipinski definition) is 2. The van der Waals surface area contributed by atoms with Crippen molar-refractivity contribution in [2.24, 2.45) is 0 Å². The van der Waals surface area contributed by atoms with E-state index in [0.717, 1.165) is 12.2 Å². The Bertz CT molecular complexity index is 300. The summed E-state index contributed by atoms with van der Waals surface area (Å²) in [5.74, 6) is 0. The third kappa shape index (κ3) is 2.55. The molecule has 0 aromatic carbocycles. The van der Waals surface area contributed by atoms with Gasteiger partial charge in [0.15, 0.2) is 0 Å². The summed E-state index contributed by atoms with van der Waals surface area (Å²) >= 11 is 0. The van der Waals surface area contributed by atoms with Crippen LogP contribution in [0.3, 0.4) is 0 Å². The van der Waals surface area contributed by atoms with Crippen molar-refractivity contribution in [1.82, 2.24) is 4.90 Å². The molecule has 0 aliphatic heterocycles. The Hall–Kier alpha value is -1.38. The van der Waals surface area contributed by atoms with Gasteiger partial charge in [-0.3, -0.25) is 0 Å². The van der Waals surface area contributed by atoms with E-state index < -0.39 is 0 Å². The van der Waals surface area contributed by atoms with E-state index in [9.17, 15) is 0 Å². The molecule has 1 aliphatic carbocycles. The van der Waals surface area contributed by atoms with E-state index in [2.05, 4.69) is 4.79 Å². The number of nitrogens with zero attached hydrogens (tertiary/aromatic N) is 3. The number of rotatable bonds is 4. The van der Waals surface area contributed by atoms with Crippen molar-refractivity contribution in [1.29, 1.82) is 0 Å². The Morgan fingerprint density at radius 1 is 1.64 bits per heavy atom. The molecule has 0 amide bonds. The number of aliphatic hydroxyl groups is 1. The molecule has 0 heterocycles. The molecular weight excluding hydrogens is 178 g/mol. The summed E-state index contributed by atoms with van der Waals surface area (Å²) in [4.78, 5) is 5.20. The molecule has 0 unspecified atom stereocenters. The molecule has 76 valence electrons. The van der Waals surface area contributed by atoms with E-state index in [1.807, 2.05) is 30.1 Å². The lowest BCUT2D eigenvalue weighted by Crippen LogP contribution is -2.26. The van der Waals surface area contributed by atoms with Crippen LogP contribution >= 0.6 is 0 Å². The van der Waals surface area contributed by atoms with Crippen LogP contribution < -0.4 is 0 Å². The largest absolute Gasteiger partial charge is 0.395 e. The molecule has 4 heteroatoms. The topological polar surface area (TPSA) is 59.9 Å². The van der Waals surface area contributed by atoms with E-state index in [1.165, 1.54) is 0 Å². The average molecular weight is 193 g/mol. The number of allylic oxidation sites excluding steroid dienone is 3. The first-order valence-corrected chi connectivity index (χ1v) is 4.76. The van der Waals surface area contributed by atoms with Crippen LogP contribution in [0.25, 0.3) is 5.53 Å². The minimum atomic E-state index is 0.130. The van der Waals surface area contributed by atoms with Crippen LogP contribution in [0.1, 0.15) is 13.3 Å². The quantitative estimate of drug-likeness (QED) is 0.530. The lowest BCUT2D eigenvalue weighted by Gasteiger charge is -2.23. The van der Waals surface area contributed by atoms with E-state index in [0.29, 0.717) is 18.7 Å². The highest BCUT2D eigenvalue weighted by Gasteiger charge is 2.12. The molecule has 0 radical (unpaired) electrons. The van der Waals surface area contributed by atoms with E-state index in [1.54, 1.807) is 0 Å². The summed E-state index contributed by atoms with van der Waals surface area (Å²) in [7, 11) is 0.